The molecule has 5 nitrogen and oxygen atoms in total. The highest BCUT2D eigenvalue weighted by molar-refractivity contribution is 6.06. The summed E-state index contributed by atoms with van der Waals surface area (Å²) in [4.78, 5) is 30.3. The molecule has 27 heavy (non-hydrogen) atoms. The number of Topliss-reactive ketones (excluding diaryl/α,β-unsaturated/α-hetero) is 1. The van der Waals surface area contributed by atoms with Crippen LogP contribution in [0.5, 0.6) is 0 Å². The van der Waals surface area contributed by atoms with Gasteiger partial charge in [-0.15, -0.1) is 0 Å². The summed E-state index contributed by atoms with van der Waals surface area (Å²) in [6.45, 7) is 4.04. The van der Waals surface area contributed by atoms with Crippen molar-refractivity contribution in [3.8, 4) is 0 Å². The summed E-state index contributed by atoms with van der Waals surface area (Å²) in [5, 5.41) is 3.15. The Morgan fingerprint density at radius 2 is 1.74 bits per heavy atom. The molecule has 136 valence electrons. The van der Waals surface area contributed by atoms with Crippen molar-refractivity contribution in [1.82, 2.24) is 4.98 Å². The van der Waals surface area contributed by atoms with Gasteiger partial charge in [0.05, 0.1) is 5.56 Å². The molecule has 0 fully saturated rings. The molecule has 0 saturated heterocycles. The maximum Gasteiger partial charge on any atom is 0.259 e. The number of rotatable bonds is 6. The lowest BCUT2D eigenvalue weighted by Gasteiger charge is -2.21. The van der Waals surface area contributed by atoms with E-state index in [0.29, 0.717) is 23.5 Å². The van der Waals surface area contributed by atoms with Crippen molar-refractivity contribution in [1.29, 1.82) is 0 Å². The molecule has 0 spiro atoms. The van der Waals surface area contributed by atoms with Gasteiger partial charge in [-0.2, -0.15) is 0 Å². The van der Waals surface area contributed by atoms with E-state index in [2.05, 4.69) is 10.3 Å². The van der Waals surface area contributed by atoms with Crippen molar-refractivity contribution in [2.45, 2.75) is 13.8 Å². The number of amides is 1. The second-order valence-electron chi connectivity index (χ2n) is 6.08. The molecular weight excluding hydrogens is 338 g/mol. The van der Waals surface area contributed by atoms with Crippen molar-refractivity contribution in [2.75, 3.05) is 16.8 Å². The number of anilines is 3. The van der Waals surface area contributed by atoms with Crippen molar-refractivity contribution in [3.63, 3.8) is 0 Å². The molecule has 0 aliphatic rings. The number of carbonyl (C=O) groups excluding carboxylic acids is 2. The van der Waals surface area contributed by atoms with Gasteiger partial charge in [0, 0.05) is 29.7 Å². The van der Waals surface area contributed by atoms with Crippen LogP contribution in [-0.2, 0) is 0 Å². The molecule has 2 aromatic carbocycles. The highest BCUT2D eigenvalue weighted by atomic mass is 16.2. The predicted octanol–water partition coefficient (Wildman–Crippen LogP) is 4.69. The van der Waals surface area contributed by atoms with Crippen LogP contribution in [0.1, 0.15) is 34.6 Å². The van der Waals surface area contributed by atoms with Gasteiger partial charge in [-0.1, -0.05) is 30.3 Å². The average molecular weight is 359 g/mol. The minimum atomic E-state index is -0.0960. The first kappa shape index (κ1) is 18.3. The van der Waals surface area contributed by atoms with E-state index in [1.165, 1.54) is 6.92 Å². The van der Waals surface area contributed by atoms with Gasteiger partial charge in [0.25, 0.3) is 5.91 Å². The molecule has 0 unspecified atom stereocenters. The molecule has 0 aliphatic carbocycles. The lowest BCUT2D eigenvalue weighted by Crippen LogP contribution is -2.30. The van der Waals surface area contributed by atoms with E-state index < -0.39 is 0 Å². The van der Waals surface area contributed by atoms with E-state index >= 15 is 0 Å². The van der Waals surface area contributed by atoms with Crippen molar-refractivity contribution in [2.24, 2.45) is 0 Å². The summed E-state index contributed by atoms with van der Waals surface area (Å²) in [7, 11) is 0. The summed E-state index contributed by atoms with van der Waals surface area (Å²) in [5.41, 5.74) is 2.78. The van der Waals surface area contributed by atoms with Gasteiger partial charge in [0.15, 0.2) is 5.78 Å². The summed E-state index contributed by atoms with van der Waals surface area (Å²) >= 11 is 0. The first-order valence-corrected chi connectivity index (χ1v) is 8.79. The zero-order valence-electron chi connectivity index (χ0n) is 15.3. The van der Waals surface area contributed by atoms with Gasteiger partial charge in [-0.3, -0.25) is 9.59 Å². The molecule has 0 bridgehead atoms. The highest BCUT2D eigenvalue weighted by Crippen LogP contribution is 2.19. The fraction of sp³-hybridized carbons (Fsp3) is 0.136. The Morgan fingerprint density at radius 3 is 2.37 bits per heavy atom. The minimum absolute atomic E-state index is 0.00752. The zero-order valence-corrected chi connectivity index (χ0v) is 15.3. The number of benzene rings is 2. The number of ketones is 1. The van der Waals surface area contributed by atoms with Crippen LogP contribution in [0, 0.1) is 0 Å². The minimum Gasteiger partial charge on any atom is -0.340 e. The Kier molecular flexibility index (Phi) is 5.61. The quantitative estimate of drug-likeness (QED) is 0.648. The summed E-state index contributed by atoms with van der Waals surface area (Å²) in [6, 6.07) is 20.3. The Morgan fingerprint density at radius 1 is 0.963 bits per heavy atom. The fourth-order valence-electron chi connectivity index (χ4n) is 2.77. The van der Waals surface area contributed by atoms with E-state index in [4.69, 9.17) is 0 Å². The summed E-state index contributed by atoms with van der Waals surface area (Å²) < 4.78 is 0. The van der Waals surface area contributed by atoms with Crippen LogP contribution in [0.15, 0.2) is 72.9 Å². The Labute approximate surface area is 158 Å². The number of hydrogen-bond donors (Lipinski definition) is 1. The number of para-hydroxylation sites is 1. The third-order valence-corrected chi connectivity index (χ3v) is 4.18. The Bertz CT molecular complexity index is 937. The average Bonchev–Trinajstić information content (AvgIpc) is 2.70. The fourth-order valence-corrected chi connectivity index (χ4v) is 2.77. The summed E-state index contributed by atoms with van der Waals surface area (Å²) in [5.74, 6) is 0.518. The van der Waals surface area contributed by atoms with Crippen LogP contribution in [0.25, 0.3) is 0 Å². The first-order chi connectivity index (χ1) is 13.1. The predicted molar refractivity (Wildman–Crippen MR) is 108 cm³/mol. The SMILES string of the molecule is CCN(C(=O)c1ccc(Nc2cccc(C(C)=O)c2)nc1)c1ccccc1. The topological polar surface area (TPSA) is 62.3 Å². The van der Waals surface area contributed by atoms with Crippen molar-refractivity contribution >= 4 is 28.9 Å². The third kappa shape index (κ3) is 4.39. The van der Waals surface area contributed by atoms with Gasteiger partial charge in [-0.25, -0.2) is 4.98 Å². The standard InChI is InChI=1S/C22H21N3O2/c1-3-25(20-10-5-4-6-11-20)22(27)18-12-13-21(23-15-18)24-19-9-7-8-17(14-19)16(2)26/h4-15H,3H2,1-2H3,(H,23,24). The monoisotopic (exact) mass is 359 g/mol. The van der Waals surface area contributed by atoms with Gasteiger partial charge in [-0.05, 0) is 50.2 Å². The molecule has 3 rings (SSSR count). The largest absolute Gasteiger partial charge is 0.340 e. The summed E-state index contributed by atoms with van der Waals surface area (Å²) in [6.07, 6.45) is 1.56. The molecule has 0 radical (unpaired) electrons. The van der Waals surface area contributed by atoms with Gasteiger partial charge in [0.2, 0.25) is 0 Å². The van der Waals surface area contributed by atoms with E-state index in [1.54, 1.807) is 35.4 Å². The van der Waals surface area contributed by atoms with Gasteiger partial charge < -0.3 is 10.2 Å². The van der Waals surface area contributed by atoms with Gasteiger partial charge >= 0.3 is 0 Å². The molecule has 0 aliphatic heterocycles. The lowest BCUT2D eigenvalue weighted by atomic mass is 10.1. The first-order valence-electron chi connectivity index (χ1n) is 8.79. The van der Waals surface area contributed by atoms with Crippen LogP contribution in [-0.4, -0.2) is 23.2 Å². The molecule has 0 saturated carbocycles. The molecule has 1 amide bonds. The number of hydrogen-bond acceptors (Lipinski definition) is 4. The number of nitrogens with zero attached hydrogens (tertiary/aromatic N) is 2. The second kappa shape index (κ2) is 8.27. The van der Waals surface area contributed by atoms with Crippen molar-refractivity contribution < 1.29 is 9.59 Å². The van der Waals surface area contributed by atoms with E-state index in [0.717, 1.165) is 11.4 Å². The lowest BCUT2D eigenvalue weighted by molar-refractivity contribution is 0.0985. The maximum atomic E-state index is 12.8. The molecule has 1 aromatic heterocycles. The van der Waals surface area contributed by atoms with Crippen molar-refractivity contribution in [3.05, 3.63) is 84.1 Å². The van der Waals surface area contributed by atoms with Crippen LogP contribution >= 0.6 is 0 Å². The Balaban J connectivity index is 1.76. The van der Waals surface area contributed by atoms with Crippen LogP contribution in [0.2, 0.25) is 0 Å². The molecule has 0 atom stereocenters. The maximum absolute atomic E-state index is 12.8. The van der Waals surface area contributed by atoms with Crippen LogP contribution < -0.4 is 10.2 Å². The van der Waals surface area contributed by atoms with E-state index in [9.17, 15) is 9.59 Å². The smallest absolute Gasteiger partial charge is 0.259 e. The Hall–Kier alpha value is -3.47. The molecule has 1 N–H and O–H groups in total. The number of pyridine rings is 1. The van der Waals surface area contributed by atoms with E-state index in [-0.39, 0.29) is 11.7 Å². The zero-order chi connectivity index (χ0) is 19.2. The third-order valence-electron chi connectivity index (χ3n) is 4.18. The molecule has 5 heteroatoms. The molecule has 1 heterocycles. The number of carbonyl (C=O) groups is 2. The highest BCUT2D eigenvalue weighted by Gasteiger charge is 2.16. The van der Waals surface area contributed by atoms with E-state index in [1.807, 2.05) is 49.4 Å². The normalized spacial score (nSPS) is 10.3. The van der Waals surface area contributed by atoms with Crippen LogP contribution in [0.4, 0.5) is 17.2 Å². The number of nitrogens with one attached hydrogen (secondary N) is 1. The second-order valence-corrected chi connectivity index (χ2v) is 6.08. The molecule has 3 aromatic rings. The van der Waals surface area contributed by atoms with Crippen LogP contribution in [0.3, 0.4) is 0 Å². The number of aromatic nitrogens is 1. The molecular formula is C22H21N3O2. The van der Waals surface area contributed by atoms with Gasteiger partial charge in [0.1, 0.15) is 5.82 Å².